The maximum absolute atomic E-state index is 13.5. The van der Waals surface area contributed by atoms with Gasteiger partial charge in [0, 0.05) is 24.4 Å². The van der Waals surface area contributed by atoms with Crippen LogP contribution in [0.15, 0.2) is 24.3 Å². The van der Waals surface area contributed by atoms with Crippen LogP contribution in [0.1, 0.15) is 28.9 Å². The quantitative estimate of drug-likeness (QED) is 0.532. The molecule has 0 spiro atoms. The Labute approximate surface area is 172 Å². The van der Waals surface area contributed by atoms with E-state index in [1.54, 1.807) is 18.2 Å². The van der Waals surface area contributed by atoms with E-state index in [2.05, 4.69) is 20.4 Å². The lowest BCUT2D eigenvalue weighted by Crippen LogP contribution is -2.30. The molecular formula is C20H23FN6O3. The van der Waals surface area contributed by atoms with Crippen LogP contribution in [0, 0.1) is 19.7 Å². The summed E-state index contributed by atoms with van der Waals surface area (Å²) in [6.07, 6.45) is 0.822. The first-order valence-corrected chi connectivity index (χ1v) is 9.49. The Morgan fingerprint density at radius 1 is 1.20 bits per heavy atom. The second-order valence-corrected chi connectivity index (χ2v) is 6.80. The molecule has 3 rings (SSSR count). The van der Waals surface area contributed by atoms with Gasteiger partial charge in [0.1, 0.15) is 5.82 Å². The van der Waals surface area contributed by atoms with Crippen molar-refractivity contribution in [2.24, 2.45) is 0 Å². The van der Waals surface area contributed by atoms with Crippen LogP contribution in [-0.2, 0) is 27.2 Å². The lowest BCUT2D eigenvalue weighted by Gasteiger charge is -2.10. The SMILES string of the molecule is Cc1nc2nc(N)nn2c(C)c1CCC(=O)OCC(=O)NCCc1ccccc1F. The van der Waals surface area contributed by atoms with Gasteiger partial charge in [-0.1, -0.05) is 18.2 Å². The molecule has 9 nitrogen and oxygen atoms in total. The molecule has 2 heterocycles. The second-order valence-electron chi connectivity index (χ2n) is 6.80. The number of carbonyl (C=O) groups excluding carboxylic acids is 2. The summed E-state index contributed by atoms with van der Waals surface area (Å²) in [6, 6.07) is 6.37. The van der Waals surface area contributed by atoms with Gasteiger partial charge >= 0.3 is 5.97 Å². The first kappa shape index (κ1) is 21.2. The zero-order valence-electron chi connectivity index (χ0n) is 16.8. The van der Waals surface area contributed by atoms with E-state index in [0.29, 0.717) is 24.2 Å². The Balaban J connectivity index is 1.44. The topological polar surface area (TPSA) is 124 Å². The number of aryl methyl sites for hydroxylation is 2. The smallest absolute Gasteiger partial charge is 0.306 e. The van der Waals surface area contributed by atoms with Gasteiger partial charge in [-0.2, -0.15) is 9.50 Å². The fraction of sp³-hybridized carbons (Fsp3) is 0.350. The van der Waals surface area contributed by atoms with Gasteiger partial charge in [0.25, 0.3) is 11.7 Å². The Hall–Kier alpha value is -3.56. The number of aromatic nitrogens is 4. The molecule has 0 aliphatic carbocycles. The normalized spacial score (nSPS) is 10.9. The molecule has 0 saturated carbocycles. The lowest BCUT2D eigenvalue weighted by molar-refractivity contribution is -0.148. The number of ether oxygens (including phenoxy) is 1. The molecule has 1 aromatic carbocycles. The highest BCUT2D eigenvalue weighted by molar-refractivity contribution is 5.80. The Bertz CT molecular complexity index is 1080. The molecule has 10 heteroatoms. The van der Waals surface area contributed by atoms with Gasteiger partial charge in [-0.05, 0) is 43.9 Å². The van der Waals surface area contributed by atoms with E-state index < -0.39 is 11.9 Å². The minimum Gasteiger partial charge on any atom is -0.456 e. The summed E-state index contributed by atoms with van der Waals surface area (Å²) in [5.41, 5.74) is 8.49. The van der Waals surface area contributed by atoms with Gasteiger partial charge in [-0.15, -0.1) is 5.10 Å². The van der Waals surface area contributed by atoms with E-state index in [1.807, 2.05) is 13.8 Å². The minimum atomic E-state index is -0.503. The number of nitrogens with one attached hydrogen (secondary N) is 1. The third-order valence-electron chi connectivity index (χ3n) is 4.68. The van der Waals surface area contributed by atoms with Gasteiger partial charge in [-0.25, -0.2) is 9.37 Å². The fourth-order valence-electron chi connectivity index (χ4n) is 3.12. The average Bonchev–Trinajstić information content (AvgIpc) is 3.08. The Morgan fingerprint density at radius 2 is 1.97 bits per heavy atom. The standard InChI is InChI=1S/C20H23FN6O3/c1-12-15(13(2)27-20(24-12)25-19(22)26-27)7-8-18(29)30-11-17(28)23-10-9-14-5-3-4-6-16(14)21/h3-6H,7-11H2,1-2H3,(H2,22,26)(H,23,28). The van der Waals surface area contributed by atoms with Gasteiger partial charge in [0.2, 0.25) is 5.95 Å². The van der Waals surface area contributed by atoms with E-state index >= 15 is 0 Å². The molecule has 0 aliphatic rings. The molecule has 0 atom stereocenters. The van der Waals surface area contributed by atoms with Crippen molar-refractivity contribution in [1.82, 2.24) is 24.9 Å². The molecule has 0 unspecified atom stereocenters. The first-order valence-electron chi connectivity index (χ1n) is 9.49. The number of carbonyl (C=O) groups is 2. The maximum Gasteiger partial charge on any atom is 0.306 e. The first-order chi connectivity index (χ1) is 14.3. The van der Waals surface area contributed by atoms with Crippen LogP contribution in [0.3, 0.4) is 0 Å². The van der Waals surface area contributed by atoms with Crippen LogP contribution in [0.5, 0.6) is 0 Å². The number of benzene rings is 1. The summed E-state index contributed by atoms with van der Waals surface area (Å²) >= 11 is 0. The van der Waals surface area contributed by atoms with E-state index in [4.69, 9.17) is 10.5 Å². The number of fused-ring (bicyclic) bond motifs is 1. The second kappa shape index (κ2) is 9.29. The van der Waals surface area contributed by atoms with E-state index in [9.17, 15) is 14.0 Å². The number of halogens is 1. The van der Waals surface area contributed by atoms with Crippen LogP contribution in [0.4, 0.5) is 10.3 Å². The Morgan fingerprint density at radius 3 is 2.73 bits per heavy atom. The predicted molar refractivity (Wildman–Crippen MR) is 107 cm³/mol. The van der Waals surface area contributed by atoms with Crippen LogP contribution >= 0.6 is 0 Å². The molecule has 1 amide bonds. The van der Waals surface area contributed by atoms with Crippen LogP contribution in [-0.4, -0.2) is 44.6 Å². The van der Waals surface area contributed by atoms with Crippen molar-refractivity contribution in [2.75, 3.05) is 18.9 Å². The molecular weight excluding hydrogens is 391 g/mol. The monoisotopic (exact) mass is 414 g/mol. The average molecular weight is 414 g/mol. The van der Waals surface area contributed by atoms with Crippen molar-refractivity contribution in [1.29, 1.82) is 0 Å². The van der Waals surface area contributed by atoms with Gasteiger partial charge in [-0.3, -0.25) is 9.59 Å². The van der Waals surface area contributed by atoms with Crippen molar-refractivity contribution in [3.8, 4) is 0 Å². The summed E-state index contributed by atoms with van der Waals surface area (Å²) in [5.74, 6) is -0.724. The van der Waals surface area contributed by atoms with Crippen molar-refractivity contribution in [3.05, 3.63) is 52.6 Å². The number of nitrogen functional groups attached to an aromatic ring is 1. The molecule has 3 aromatic rings. The van der Waals surface area contributed by atoms with Crippen molar-refractivity contribution < 1.29 is 18.7 Å². The number of amides is 1. The van der Waals surface area contributed by atoms with Crippen molar-refractivity contribution in [2.45, 2.75) is 33.1 Å². The summed E-state index contributed by atoms with van der Waals surface area (Å²) in [5, 5.41) is 6.69. The highest BCUT2D eigenvalue weighted by Crippen LogP contribution is 2.16. The number of rotatable bonds is 8. The summed E-state index contributed by atoms with van der Waals surface area (Å²) < 4.78 is 20.1. The highest BCUT2D eigenvalue weighted by Gasteiger charge is 2.15. The molecule has 0 fully saturated rings. The highest BCUT2D eigenvalue weighted by atomic mass is 19.1. The molecule has 0 aliphatic heterocycles. The third kappa shape index (κ3) is 5.07. The number of nitrogens with two attached hydrogens (primary N) is 1. The van der Waals surface area contributed by atoms with Crippen LogP contribution < -0.4 is 11.1 Å². The van der Waals surface area contributed by atoms with E-state index in [-0.39, 0.29) is 31.3 Å². The molecule has 30 heavy (non-hydrogen) atoms. The van der Waals surface area contributed by atoms with Crippen LogP contribution in [0.2, 0.25) is 0 Å². The number of nitrogens with zero attached hydrogens (tertiary/aromatic N) is 4. The summed E-state index contributed by atoms with van der Waals surface area (Å²) in [4.78, 5) is 32.2. The predicted octanol–water partition coefficient (Wildman–Crippen LogP) is 1.30. The zero-order valence-corrected chi connectivity index (χ0v) is 16.8. The number of anilines is 1. The molecule has 0 radical (unpaired) electrons. The number of hydrogen-bond donors (Lipinski definition) is 2. The molecule has 158 valence electrons. The van der Waals surface area contributed by atoms with Crippen molar-refractivity contribution in [3.63, 3.8) is 0 Å². The summed E-state index contributed by atoms with van der Waals surface area (Å²) in [7, 11) is 0. The third-order valence-corrected chi connectivity index (χ3v) is 4.68. The van der Waals surface area contributed by atoms with Gasteiger partial charge in [0.15, 0.2) is 6.61 Å². The molecule has 2 aromatic heterocycles. The molecule has 0 bridgehead atoms. The molecule has 3 N–H and O–H groups in total. The number of esters is 1. The maximum atomic E-state index is 13.5. The van der Waals surface area contributed by atoms with Gasteiger partial charge in [0.05, 0.1) is 0 Å². The van der Waals surface area contributed by atoms with E-state index in [1.165, 1.54) is 10.6 Å². The van der Waals surface area contributed by atoms with Gasteiger partial charge < -0.3 is 15.8 Å². The lowest BCUT2D eigenvalue weighted by atomic mass is 10.1. The Kier molecular flexibility index (Phi) is 6.55. The summed E-state index contributed by atoms with van der Waals surface area (Å²) in [6.45, 7) is 3.54. The largest absolute Gasteiger partial charge is 0.456 e. The van der Waals surface area contributed by atoms with Crippen LogP contribution in [0.25, 0.3) is 5.78 Å². The minimum absolute atomic E-state index is 0.0849. The number of hydrogen-bond acceptors (Lipinski definition) is 7. The van der Waals surface area contributed by atoms with E-state index in [0.717, 1.165) is 17.0 Å². The fourth-order valence-corrected chi connectivity index (χ4v) is 3.12. The molecule has 0 saturated heterocycles. The van der Waals surface area contributed by atoms with Crippen molar-refractivity contribution >= 4 is 23.6 Å². The zero-order chi connectivity index (χ0) is 21.7.